The molecule has 0 bridgehead atoms. The monoisotopic (exact) mass is 260 g/mol. The average Bonchev–Trinajstić information content (AvgIpc) is 2.01. The topological polar surface area (TPSA) is 26.3 Å². The van der Waals surface area contributed by atoms with E-state index >= 15 is 0 Å². The van der Waals surface area contributed by atoms with Crippen LogP contribution in [0.1, 0.15) is 24.2 Å². The molecule has 0 spiro atoms. The van der Waals surface area contributed by atoms with E-state index in [-0.39, 0.29) is 6.10 Å². The van der Waals surface area contributed by atoms with Crippen molar-refractivity contribution in [2.45, 2.75) is 20.0 Å². The third-order valence-corrected chi connectivity index (χ3v) is 2.15. The van der Waals surface area contributed by atoms with E-state index < -0.39 is 11.8 Å². The summed E-state index contributed by atoms with van der Waals surface area (Å²) < 4.78 is 18.1. The van der Waals surface area contributed by atoms with Gasteiger partial charge >= 0.3 is 5.97 Å². The van der Waals surface area contributed by atoms with E-state index in [2.05, 4.69) is 15.9 Å². The molecule has 1 aromatic rings. The first kappa shape index (κ1) is 11.2. The molecule has 0 amide bonds. The quantitative estimate of drug-likeness (QED) is 0.764. The first-order valence-electron chi connectivity index (χ1n) is 4.16. The molecular formula is C10H10BrFO2. The normalized spacial score (nSPS) is 10.4. The molecule has 0 aliphatic heterocycles. The zero-order chi connectivity index (χ0) is 10.7. The van der Waals surface area contributed by atoms with Gasteiger partial charge in [0.05, 0.1) is 11.7 Å². The number of hydrogen-bond donors (Lipinski definition) is 0. The maximum atomic E-state index is 12.7. The lowest BCUT2D eigenvalue weighted by Gasteiger charge is -2.08. The van der Waals surface area contributed by atoms with Crippen LogP contribution in [0, 0.1) is 5.82 Å². The summed E-state index contributed by atoms with van der Waals surface area (Å²) >= 11 is 3.10. The molecule has 4 heteroatoms. The van der Waals surface area contributed by atoms with Crippen molar-refractivity contribution >= 4 is 21.9 Å². The summed E-state index contributed by atoms with van der Waals surface area (Å²) in [6, 6.07) is 3.85. The lowest BCUT2D eigenvalue weighted by atomic mass is 10.2. The SMILES string of the molecule is CC(C)OC(=O)c1ccc(F)cc1Br. The zero-order valence-electron chi connectivity index (χ0n) is 7.88. The Kier molecular flexibility index (Phi) is 3.63. The maximum absolute atomic E-state index is 12.7. The fraction of sp³-hybridized carbons (Fsp3) is 0.300. The van der Waals surface area contributed by atoms with Crippen LogP contribution in [-0.2, 0) is 4.74 Å². The van der Waals surface area contributed by atoms with Crippen LogP contribution in [-0.4, -0.2) is 12.1 Å². The van der Waals surface area contributed by atoms with Gasteiger partial charge in [-0.05, 0) is 48.0 Å². The van der Waals surface area contributed by atoms with E-state index in [1.54, 1.807) is 13.8 Å². The van der Waals surface area contributed by atoms with Crippen LogP contribution in [0.25, 0.3) is 0 Å². The summed E-state index contributed by atoms with van der Waals surface area (Å²) in [6.07, 6.45) is -0.181. The van der Waals surface area contributed by atoms with Crippen molar-refractivity contribution in [2.75, 3.05) is 0 Å². The highest BCUT2D eigenvalue weighted by molar-refractivity contribution is 9.10. The largest absolute Gasteiger partial charge is 0.459 e. The van der Waals surface area contributed by atoms with Gasteiger partial charge in [0.25, 0.3) is 0 Å². The smallest absolute Gasteiger partial charge is 0.339 e. The number of ether oxygens (including phenoxy) is 1. The van der Waals surface area contributed by atoms with E-state index in [1.165, 1.54) is 18.2 Å². The van der Waals surface area contributed by atoms with Crippen molar-refractivity contribution in [3.05, 3.63) is 34.1 Å². The number of carbonyl (C=O) groups excluding carboxylic acids is 1. The summed E-state index contributed by atoms with van der Waals surface area (Å²) in [5, 5.41) is 0. The molecule has 0 fully saturated rings. The van der Waals surface area contributed by atoms with E-state index in [4.69, 9.17) is 4.74 Å². The van der Waals surface area contributed by atoms with E-state index in [1.807, 2.05) is 0 Å². The zero-order valence-corrected chi connectivity index (χ0v) is 9.47. The molecule has 0 heterocycles. The van der Waals surface area contributed by atoms with Crippen molar-refractivity contribution in [1.82, 2.24) is 0 Å². The molecule has 2 nitrogen and oxygen atoms in total. The standard InChI is InChI=1S/C10H10BrFO2/c1-6(2)14-10(13)8-4-3-7(12)5-9(8)11/h3-6H,1-2H3. The Labute approximate surface area is 90.2 Å². The van der Waals surface area contributed by atoms with Crippen LogP contribution in [0.4, 0.5) is 4.39 Å². The molecule has 0 aliphatic carbocycles. The Morgan fingerprint density at radius 1 is 1.50 bits per heavy atom. The van der Waals surface area contributed by atoms with Crippen molar-refractivity contribution in [3.8, 4) is 0 Å². The first-order valence-corrected chi connectivity index (χ1v) is 4.96. The highest BCUT2D eigenvalue weighted by Crippen LogP contribution is 2.19. The highest BCUT2D eigenvalue weighted by Gasteiger charge is 2.13. The van der Waals surface area contributed by atoms with Gasteiger partial charge in [0.15, 0.2) is 0 Å². The molecule has 14 heavy (non-hydrogen) atoms. The predicted molar refractivity (Wildman–Crippen MR) is 54.7 cm³/mol. The molecule has 1 aromatic carbocycles. The molecule has 0 saturated heterocycles. The fourth-order valence-electron chi connectivity index (χ4n) is 0.933. The molecule has 0 atom stereocenters. The molecule has 0 radical (unpaired) electrons. The van der Waals surface area contributed by atoms with E-state index in [9.17, 15) is 9.18 Å². The second-order valence-corrected chi connectivity index (χ2v) is 3.93. The Bertz CT molecular complexity index is 350. The van der Waals surface area contributed by atoms with Crippen molar-refractivity contribution in [1.29, 1.82) is 0 Å². The summed E-state index contributed by atoms with van der Waals surface area (Å²) in [7, 11) is 0. The van der Waals surface area contributed by atoms with Gasteiger partial charge in [0.1, 0.15) is 5.82 Å². The molecule has 0 saturated carbocycles. The molecule has 76 valence electrons. The van der Waals surface area contributed by atoms with Gasteiger partial charge < -0.3 is 4.74 Å². The third-order valence-electron chi connectivity index (χ3n) is 1.49. The molecule has 0 aliphatic rings. The second kappa shape index (κ2) is 4.55. The lowest BCUT2D eigenvalue weighted by molar-refractivity contribution is 0.0377. The number of hydrogen-bond acceptors (Lipinski definition) is 2. The maximum Gasteiger partial charge on any atom is 0.339 e. The summed E-state index contributed by atoms with van der Waals surface area (Å²) in [4.78, 5) is 11.4. The van der Waals surface area contributed by atoms with Gasteiger partial charge in [-0.1, -0.05) is 0 Å². The third kappa shape index (κ3) is 2.80. The fourth-order valence-corrected chi connectivity index (χ4v) is 1.45. The van der Waals surface area contributed by atoms with E-state index in [0.717, 1.165) is 0 Å². The molecular weight excluding hydrogens is 251 g/mol. The number of esters is 1. The Balaban J connectivity index is 2.90. The van der Waals surface area contributed by atoms with Crippen LogP contribution in [0.5, 0.6) is 0 Å². The Morgan fingerprint density at radius 2 is 2.14 bits per heavy atom. The van der Waals surface area contributed by atoms with Crippen molar-refractivity contribution < 1.29 is 13.9 Å². The van der Waals surface area contributed by atoms with Crippen molar-refractivity contribution in [2.24, 2.45) is 0 Å². The van der Waals surface area contributed by atoms with Crippen LogP contribution >= 0.6 is 15.9 Å². The molecule has 0 aromatic heterocycles. The van der Waals surface area contributed by atoms with Crippen LogP contribution < -0.4 is 0 Å². The van der Waals surface area contributed by atoms with Gasteiger partial charge in [-0.2, -0.15) is 0 Å². The average molecular weight is 261 g/mol. The summed E-state index contributed by atoms with van der Waals surface area (Å²) in [5.74, 6) is -0.843. The number of benzene rings is 1. The highest BCUT2D eigenvalue weighted by atomic mass is 79.9. The van der Waals surface area contributed by atoms with Gasteiger partial charge in [-0.3, -0.25) is 0 Å². The van der Waals surface area contributed by atoms with E-state index in [0.29, 0.717) is 10.0 Å². The summed E-state index contributed by atoms with van der Waals surface area (Å²) in [5.41, 5.74) is 0.333. The van der Waals surface area contributed by atoms with Crippen LogP contribution in [0.3, 0.4) is 0 Å². The van der Waals surface area contributed by atoms with Crippen molar-refractivity contribution in [3.63, 3.8) is 0 Å². The molecule has 0 unspecified atom stereocenters. The van der Waals surface area contributed by atoms with Crippen LogP contribution in [0.15, 0.2) is 22.7 Å². The van der Waals surface area contributed by atoms with Gasteiger partial charge in [0.2, 0.25) is 0 Å². The number of rotatable bonds is 2. The second-order valence-electron chi connectivity index (χ2n) is 3.08. The predicted octanol–water partition coefficient (Wildman–Crippen LogP) is 3.15. The first-order chi connectivity index (χ1) is 6.50. The minimum Gasteiger partial charge on any atom is -0.459 e. The molecule has 1 rings (SSSR count). The Hall–Kier alpha value is -0.900. The Morgan fingerprint density at radius 3 is 2.64 bits per heavy atom. The van der Waals surface area contributed by atoms with Gasteiger partial charge in [0, 0.05) is 4.47 Å². The number of halogens is 2. The minimum atomic E-state index is -0.452. The van der Waals surface area contributed by atoms with Gasteiger partial charge in [-0.25, -0.2) is 9.18 Å². The minimum absolute atomic E-state index is 0.181. The van der Waals surface area contributed by atoms with Crippen LogP contribution in [0.2, 0.25) is 0 Å². The number of carbonyl (C=O) groups is 1. The molecule has 0 N–H and O–H groups in total. The lowest BCUT2D eigenvalue weighted by Crippen LogP contribution is -2.12. The van der Waals surface area contributed by atoms with Gasteiger partial charge in [-0.15, -0.1) is 0 Å². The summed E-state index contributed by atoms with van der Waals surface area (Å²) in [6.45, 7) is 3.52.